The summed E-state index contributed by atoms with van der Waals surface area (Å²) in [5, 5.41) is 3.19. The fourth-order valence-corrected chi connectivity index (χ4v) is 4.11. The summed E-state index contributed by atoms with van der Waals surface area (Å²) in [4.78, 5) is 27.1. The van der Waals surface area contributed by atoms with Gasteiger partial charge in [-0.2, -0.15) is 0 Å². The number of nitrogens with one attached hydrogen (secondary N) is 1. The van der Waals surface area contributed by atoms with Crippen molar-refractivity contribution in [2.45, 2.75) is 64.3 Å². The molecule has 4 nitrogen and oxygen atoms in total. The second-order valence-electron chi connectivity index (χ2n) is 8.06. The van der Waals surface area contributed by atoms with E-state index in [-0.39, 0.29) is 23.8 Å². The lowest BCUT2D eigenvalue weighted by molar-refractivity contribution is -0.134. The molecule has 2 aliphatic rings. The predicted octanol–water partition coefficient (Wildman–Crippen LogP) is 3.72. The molecule has 1 aliphatic heterocycles. The molecule has 1 heterocycles. The van der Waals surface area contributed by atoms with Crippen LogP contribution in [0.2, 0.25) is 0 Å². The van der Waals surface area contributed by atoms with Gasteiger partial charge in [-0.25, -0.2) is 0 Å². The van der Waals surface area contributed by atoms with Crippen molar-refractivity contribution in [3.8, 4) is 0 Å². The minimum absolute atomic E-state index is 0.0540. The zero-order valence-corrected chi connectivity index (χ0v) is 16.1. The fourth-order valence-electron chi connectivity index (χ4n) is 4.11. The topological polar surface area (TPSA) is 49.4 Å². The highest BCUT2D eigenvalue weighted by Crippen LogP contribution is 2.38. The van der Waals surface area contributed by atoms with Crippen molar-refractivity contribution in [1.82, 2.24) is 10.2 Å². The van der Waals surface area contributed by atoms with E-state index >= 15 is 0 Å². The summed E-state index contributed by atoms with van der Waals surface area (Å²) >= 11 is 0. The minimum atomic E-state index is -0.0540. The number of amides is 2. The van der Waals surface area contributed by atoms with Gasteiger partial charge in [-0.05, 0) is 49.5 Å². The van der Waals surface area contributed by atoms with Crippen LogP contribution < -0.4 is 5.32 Å². The minimum Gasteiger partial charge on any atom is -0.353 e. The van der Waals surface area contributed by atoms with Crippen molar-refractivity contribution in [3.63, 3.8) is 0 Å². The Kier molecular flexibility index (Phi) is 6.33. The van der Waals surface area contributed by atoms with E-state index in [1.165, 1.54) is 12.8 Å². The first-order valence-electron chi connectivity index (χ1n) is 10.2. The Bertz CT molecular complexity index is 604. The molecule has 0 aromatic heterocycles. The Labute approximate surface area is 157 Å². The van der Waals surface area contributed by atoms with E-state index in [1.807, 2.05) is 35.2 Å². The van der Waals surface area contributed by atoms with Crippen molar-refractivity contribution in [2.75, 3.05) is 13.1 Å². The number of hydrogen-bond donors (Lipinski definition) is 1. The first kappa shape index (κ1) is 18.9. The van der Waals surface area contributed by atoms with E-state index in [1.54, 1.807) is 0 Å². The maximum absolute atomic E-state index is 12.9. The van der Waals surface area contributed by atoms with Crippen LogP contribution in [0.1, 0.15) is 63.9 Å². The van der Waals surface area contributed by atoms with E-state index < -0.39 is 0 Å². The monoisotopic (exact) mass is 356 g/mol. The summed E-state index contributed by atoms with van der Waals surface area (Å²) in [6.07, 6.45) is 5.76. The summed E-state index contributed by atoms with van der Waals surface area (Å²) < 4.78 is 0. The van der Waals surface area contributed by atoms with Gasteiger partial charge in [0.15, 0.2) is 0 Å². The van der Waals surface area contributed by atoms with Crippen LogP contribution in [0, 0.1) is 11.8 Å². The Morgan fingerprint density at radius 1 is 1.12 bits per heavy atom. The van der Waals surface area contributed by atoms with Gasteiger partial charge in [-0.1, -0.05) is 44.2 Å². The molecule has 1 saturated heterocycles. The zero-order chi connectivity index (χ0) is 18.5. The molecule has 3 rings (SSSR count). The molecule has 142 valence electrons. The van der Waals surface area contributed by atoms with Crippen LogP contribution >= 0.6 is 0 Å². The fraction of sp³-hybridized carbons (Fsp3) is 0.636. The van der Waals surface area contributed by atoms with Crippen molar-refractivity contribution >= 4 is 11.8 Å². The Morgan fingerprint density at radius 3 is 2.35 bits per heavy atom. The third-order valence-corrected chi connectivity index (χ3v) is 6.01. The summed E-state index contributed by atoms with van der Waals surface area (Å²) in [6.45, 7) is 5.74. The van der Waals surface area contributed by atoms with Crippen LogP contribution in [0.15, 0.2) is 30.3 Å². The third-order valence-electron chi connectivity index (χ3n) is 6.01. The molecular weight excluding hydrogens is 324 g/mol. The molecule has 26 heavy (non-hydrogen) atoms. The maximum Gasteiger partial charge on any atom is 0.230 e. The highest BCUT2D eigenvalue weighted by atomic mass is 16.2. The largest absolute Gasteiger partial charge is 0.353 e. The van der Waals surface area contributed by atoms with Gasteiger partial charge in [-0.15, -0.1) is 0 Å². The average molecular weight is 357 g/mol. The molecule has 0 unspecified atom stereocenters. The number of nitrogens with zero attached hydrogens (tertiary/aromatic N) is 1. The van der Waals surface area contributed by atoms with Gasteiger partial charge >= 0.3 is 0 Å². The van der Waals surface area contributed by atoms with Crippen molar-refractivity contribution in [1.29, 1.82) is 0 Å². The normalized spacial score (nSPS) is 20.5. The first-order chi connectivity index (χ1) is 12.6. The highest BCUT2D eigenvalue weighted by molar-refractivity contribution is 5.84. The van der Waals surface area contributed by atoms with E-state index in [9.17, 15) is 9.59 Å². The number of rotatable bonds is 7. The first-order valence-corrected chi connectivity index (χ1v) is 10.2. The molecule has 0 spiro atoms. The van der Waals surface area contributed by atoms with Crippen LogP contribution in [-0.2, 0) is 9.59 Å². The lowest BCUT2D eigenvalue weighted by atomic mass is 9.93. The SMILES string of the molecule is CC[C@@H](C(=O)N1CCC(NC(=O)C[C@@H](C)C2CC2)CC1)c1ccccc1. The van der Waals surface area contributed by atoms with Gasteiger partial charge in [0.25, 0.3) is 0 Å². The molecule has 1 saturated carbocycles. The van der Waals surface area contributed by atoms with Crippen LogP contribution in [0.5, 0.6) is 0 Å². The molecule has 0 bridgehead atoms. The van der Waals surface area contributed by atoms with Crippen molar-refractivity contribution < 1.29 is 9.59 Å². The Balaban J connectivity index is 1.46. The molecule has 1 aliphatic carbocycles. The van der Waals surface area contributed by atoms with E-state index in [0.717, 1.165) is 43.8 Å². The lowest BCUT2D eigenvalue weighted by Crippen LogP contribution is -2.47. The van der Waals surface area contributed by atoms with Crippen LogP contribution in [0.3, 0.4) is 0 Å². The van der Waals surface area contributed by atoms with Gasteiger partial charge in [0.2, 0.25) is 11.8 Å². The van der Waals surface area contributed by atoms with Crippen LogP contribution in [0.4, 0.5) is 0 Å². The summed E-state index contributed by atoms with van der Waals surface area (Å²) in [5.74, 6) is 1.63. The quantitative estimate of drug-likeness (QED) is 0.809. The molecule has 4 heteroatoms. The van der Waals surface area contributed by atoms with Gasteiger partial charge in [0.1, 0.15) is 0 Å². The molecule has 1 N–H and O–H groups in total. The van der Waals surface area contributed by atoms with Crippen molar-refractivity contribution in [2.24, 2.45) is 11.8 Å². The lowest BCUT2D eigenvalue weighted by Gasteiger charge is -2.34. The number of hydrogen-bond acceptors (Lipinski definition) is 2. The number of likely N-dealkylation sites (tertiary alicyclic amines) is 1. The number of carbonyl (C=O) groups excluding carboxylic acids is 2. The Morgan fingerprint density at radius 2 is 1.77 bits per heavy atom. The van der Waals surface area contributed by atoms with Crippen molar-refractivity contribution in [3.05, 3.63) is 35.9 Å². The molecule has 1 aromatic carbocycles. The average Bonchev–Trinajstić information content (AvgIpc) is 3.49. The summed E-state index contributed by atoms with van der Waals surface area (Å²) in [6, 6.07) is 10.3. The highest BCUT2D eigenvalue weighted by Gasteiger charge is 2.31. The second-order valence-corrected chi connectivity index (χ2v) is 8.06. The summed E-state index contributed by atoms with van der Waals surface area (Å²) in [7, 11) is 0. The number of benzene rings is 1. The molecule has 2 amide bonds. The Hall–Kier alpha value is -1.84. The van der Waals surface area contributed by atoms with E-state index in [2.05, 4.69) is 19.2 Å². The molecule has 1 aromatic rings. The summed E-state index contributed by atoms with van der Waals surface area (Å²) in [5.41, 5.74) is 1.10. The predicted molar refractivity (Wildman–Crippen MR) is 104 cm³/mol. The molecule has 2 atom stereocenters. The molecule has 2 fully saturated rings. The van der Waals surface area contributed by atoms with Gasteiger partial charge in [0, 0.05) is 25.6 Å². The second kappa shape index (κ2) is 8.70. The van der Waals surface area contributed by atoms with Gasteiger partial charge < -0.3 is 10.2 Å². The third kappa shape index (κ3) is 4.87. The zero-order valence-electron chi connectivity index (χ0n) is 16.1. The van der Waals surface area contributed by atoms with Crippen LogP contribution in [-0.4, -0.2) is 35.8 Å². The van der Waals surface area contributed by atoms with E-state index in [0.29, 0.717) is 12.3 Å². The molecule has 0 radical (unpaired) electrons. The molecular formula is C22H32N2O2. The van der Waals surface area contributed by atoms with Gasteiger partial charge in [0.05, 0.1) is 5.92 Å². The maximum atomic E-state index is 12.9. The number of piperidine rings is 1. The van der Waals surface area contributed by atoms with E-state index in [4.69, 9.17) is 0 Å². The van der Waals surface area contributed by atoms with Crippen LogP contribution in [0.25, 0.3) is 0 Å². The standard InChI is InChI=1S/C22H32N2O2/c1-3-20(18-7-5-4-6-8-18)22(26)24-13-11-19(12-14-24)23-21(25)15-16(2)17-9-10-17/h4-8,16-17,19-20H,3,9-15H2,1-2H3,(H,23,25)/t16-,20-/m1/s1. The number of carbonyl (C=O) groups is 2. The van der Waals surface area contributed by atoms with Gasteiger partial charge in [-0.3, -0.25) is 9.59 Å². The smallest absolute Gasteiger partial charge is 0.230 e.